The highest BCUT2D eigenvalue weighted by Crippen LogP contribution is 2.14. The number of carbonyl (C=O) groups is 1. The number of carbonyl (C=O) groups excluding carboxylic acids is 1. The molecule has 0 aliphatic rings. The van der Waals surface area contributed by atoms with E-state index in [1.807, 2.05) is 13.8 Å². The number of primary amides is 1. The number of hydrogen-bond acceptors (Lipinski definition) is 2. The molecular formula is C10H21N3O. The lowest BCUT2D eigenvalue weighted by Gasteiger charge is -2.16. The molecule has 0 radical (unpaired) electrons. The van der Waals surface area contributed by atoms with E-state index >= 15 is 0 Å². The molecule has 0 saturated carbocycles. The lowest BCUT2D eigenvalue weighted by molar-refractivity contribution is 0.245. The fourth-order valence-electron chi connectivity index (χ4n) is 1.01. The van der Waals surface area contributed by atoms with Crippen LogP contribution >= 0.6 is 0 Å². The summed E-state index contributed by atoms with van der Waals surface area (Å²) >= 11 is 0. The van der Waals surface area contributed by atoms with Crippen molar-refractivity contribution in [1.82, 2.24) is 10.9 Å². The topological polar surface area (TPSA) is 67.2 Å². The third kappa shape index (κ3) is 5.45. The molecule has 1 atom stereocenters. The van der Waals surface area contributed by atoms with Crippen molar-refractivity contribution in [3.63, 3.8) is 0 Å². The van der Waals surface area contributed by atoms with E-state index in [4.69, 9.17) is 5.73 Å². The third-order valence-electron chi connectivity index (χ3n) is 2.19. The van der Waals surface area contributed by atoms with Gasteiger partial charge in [0.15, 0.2) is 0 Å². The number of allylic oxidation sites excluding steroid dienone is 2. The van der Waals surface area contributed by atoms with E-state index in [0.29, 0.717) is 5.92 Å². The number of urea groups is 1. The first-order chi connectivity index (χ1) is 6.47. The first-order valence-electron chi connectivity index (χ1n) is 4.95. The van der Waals surface area contributed by atoms with E-state index in [9.17, 15) is 4.79 Å². The zero-order valence-electron chi connectivity index (χ0n) is 9.48. The Balaban J connectivity index is 4.19. The maximum atomic E-state index is 10.5. The van der Waals surface area contributed by atoms with Crippen LogP contribution in [0, 0.1) is 5.92 Å². The summed E-state index contributed by atoms with van der Waals surface area (Å²) in [6.45, 7) is 8.34. The van der Waals surface area contributed by atoms with E-state index in [2.05, 4.69) is 24.7 Å². The lowest BCUT2D eigenvalue weighted by Crippen LogP contribution is -2.41. The van der Waals surface area contributed by atoms with Gasteiger partial charge in [-0.1, -0.05) is 25.8 Å². The molecule has 0 fully saturated rings. The SMILES string of the molecule is CC[C@@H](C)CC(NNC(N)=O)=C(C)C. The fourth-order valence-corrected chi connectivity index (χ4v) is 1.01. The van der Waals surface area contributed by atoms with Gasteiger partial charge in [-0.2, -0.15) is 0 Å². The molecule has 4 nitrogen and oxygen atoms in total. The zero-order valence-corrected chi connectivity index (χ0v) is 9.48. The van der Waals surface area contributed by atoms with Crippen LogP contribution in [0.25, 0.3) is 0 Å². The molecule has 0 aliphatic carbocycles. The lowest BCUT2D eigenvalue weighted by atomic mass is 10.0. The molecular weight excluding hydrogens is 178 g/mol. The summed E-state index contributed by atoms with van der Waals surface area (Å²) in [5, 5.41) is 0. The maximum absolute atomic E-state index is 10.5. The average molecular weight is 199 g/mol. The number of rotatable bonds is 5. The van der Waals surface area contributed by atoms with Crippen LogP contribution in [-0.2, 0) is 0 Å². The van der Waals surface area contributed by atoms with Gasteiger partial charge < -0.3 is 11.2 Å². The van der Waals surface area contributed by atoms with Gasteiger partial charge in [-0.05, 0) is 26.2 Å². The van der Waals surface area contributed by atoms with Crippen LogP contribution in [-0.4, -0.2) is 6.03 Å². The molecule has 4 N–H and O–H groups in total. The Morgan fingerprint density at radius 3 is 2.29 bits per heavy atom. The Bertz CT molecular complexity index is 219. The molecule has 0 aromatic heterocycles. The molecule has 4 heteroatoms. The normalized spacial score (nSPS) is 11.7. The molecule has 0 rings (SSSR count). The molecule has 0 unspecified atom stereocenters. The predicted molar refractivity (Wildman–Crippen MR) is 58.3 cm³/mol. The van der Waals surface area contributed by atoms with Crippen molar-refractivity contribution in [2.75, 3.05) is 0 Å². The first kappa shape index (κ1) is 12.8. The van der Waals surface area contributed by atoms with Crippen LogP contribution in [0.4, 0.5) is 4.79 Å². The standard InChI is InChI=1S/C10H21N3O/c1-5-8(4)6-9(7(2)3)12-13-10(11)14/h8,12H,5-6H2,1-4H3,(H3,11,13,14)/t8-/m1/s1. The molecule has 0 spiro atoms. The minimum Gasteiger partial charge on any atom is -0.350 e. The average Bonchev–Trinajstić information content (AvgIpc) is 2.10. The summed E-state index contributed by atoms with van der Waals surface area (Å²) < 4.78 is 0. The van der Waals surface area contributed by atoms with Gasteiger partial charge in [0.2, 0.25) is 0 Å². The van der Waals surface area contributed by atoms with Crippen molar-refractivity contribution in [2.24, 2.45) is 11.7 Å². The summed E-state index contributed by atoms with van der Waals surface area (Å²) in [6, 6.07) is -0.562. The third-order valence-corrected chi connectivity index (χ3v) is 2.19. The van der Waals surface area contributed by atoms with E-state index in [0.717, 1.165) is 18.5 Å². The smallest absolute Gasteiger partial charge is 0.330 e. The van der Waals surface area contributed by atoms with E-state index in [1.165, 1.54) is 5.57 Å². The Morgan fingerprint density at radius 1 is 1.36 bits per heavy atom. The molecule has 2 amide bonds. The summed E-state index contributed by atoms with van der Waals surface area (Å²) in [5.74, 6) is 0.599. The van der Waals surface area contributed by atoms with Crippen LogP contribution < -0.4 is 16.6 Å². The van der Waals surface area contributed by atoms with Gasteiger partial charge in [0.05, 0.1) is 0 Å². The summed E-state index contributed by atoms with van der Waals surface area (Å²) in [4.78, 5) is 10.5. The quantitative estimate of drug-likeness (QED) is 0.592. The Labute approximate surface area is 85.9 Å². The predicted octanol–water partition coefficient (Wildman–Crippen LogP) is 1.89. The van der Waals surface area contributed by atoms with E-state index in [1.54, 1.807) is 0 Å². The number of nitrogens with one attached hydrogen (secondary N) is 2. The number of hydrazine groups is 1. The largest absolute Gasteiger partial charge is 0.350 e. The molecule has 0 aromatic rings. The van der Waals surface area contributed by atoms with Gasteiger partial charge >= 0.3 is 6.03 Å². The summed E-state index contributed by atoms with van der Waals surface area (Å²) in [6.07, 6.45) is 2.05. The van der Waals surface area contributed by atoms with Gasteiger partial charge in [-0.3, -0.25) is 5.43 Å². The highest BCUT2D eigenvalue weighted by molar-refractivity contribution is 5.71. The molecule has 0 heterocycles. The van der Waals surface area contributed by atoms with Gasteiger partial charge in [-0.25, -0.2) is 4.79 Å². The Kier molecular flexibility index (Phi) is 5.76. The molecule has 0 aromatic carbocycles. The summed E-state index contributed by atoms with van der Waals surface area (Å²) in [7, 11) is 0. The van der Waals surface area contributed by atoms with Crippen molar-refractivity contribution in [2.45, 2.75) is 40.5 Å². The second-order valence-corrected chi connectivity index (χ2v) is 3.81. The second kappa shape index (κ2) is 6.29. The molecule has 0 saturated heterocycles. The van der Waals surface area contributed by atoms with Gasteiger partial charge in [0, 0.05) is 5.70 Å². The van der Waals surface area contributed by atoms with Crippen LogP contribution in [0.3, 0.4) is 0 Å². The zero-order chi connectivity index (χ0) is 11.1. The number of amides is 2. The van der Waals surface area contributed by atoms with Crippen LogP contribution in [0.15, 0.2) is 11.3 Å². The van der Waals surface area contributed by atoms with Crippen molar-refractivity contribution in [3.8, 4) is 0 Å². The van der Waals surface area contributed by atoms with Crippen LogP contribution in [0.2, 0.25) is 0 Å². The van der Waals surface area contributed by atoms with E-state index in [-0.39, 0.29) is 0 Å². The Hall–Kier alpha value is -1.19. The number of hydrogen-bond donors (Lipinski definition) is 3. The van der Waals surface area contributed by atoms with Gasteiger partial charge in [0.1, 0.15) is 0 Å². The Morgan fingerprint density at radius 2 is 1.93 bits per heavy atom. The van der Waals surface area contributed by atoms with Crippen LogP contribution in [0.1, 0.15) is 40.5 Å². The van der Waals surface area contributed by atoms with E-state index < -0.39 is 6.03 Å². The monoisotopic (exact) mass is 199 g/mol. The fraction of sp³-hybridized carbons (Fsp3) is 0.700. The van der Waals surface area contributed by atoms with Gasteiger partial charge in [0.25, 0.3) is 0 Å². The molecule has 0 aliphatic heterocycles. The molecule has 14 heavy (non-hydrogen) atoms. The summed E-state index contributed by atoms with van der Waals surface area (Å²) in [5.41, 5.74) is 12.4. The first-order valence-corrected chi connectivity index (χ1v) is 4.95. The maximum Gasteiger partial charge on any atom is 0.330 e. The van der Waals surface area contributed by atoms with Gasteiger partial charge in [-0.15, -0.1) is 0 Å². The van der Waals surface area contributed by atoms with Crippen molar-refractivity contribution >= 4 is 6.03 Å². The molecule has 0 bridgehead atoms. The highest BCUT2D eigenvalue weighted by atomic mass is 16.2. The minimum atomic E-state index is -0.562. The second-order valence-electron chi connectivity index (χ2n) is 3.81. The van der Waals surface area contributed by atoms with Crippen molar-refractivity contribution in [1.29, 1.82) is 0 Å². The van der Waals surface area contributed by atoms with Crippen molar-refractivity contribution in [3.05, 3.63) is 11.3 Å². The van der Waals surface area contributed by atoms with Crippen molar-refractivity contribution < 1.29 is 4.79 Å². The number of nitrogens with two attached hydrogens (primary N) is 1. The minimum absolute atomic E-state index is 0.562. The highest BCUT2D eigenvalue weighted by Gasteiger charge is 2.05. The van der Waals surface area contributed by atoms with Crippen LogP contribution in [0.5, 0.6) is 0 Å². The molecule has 82 valence electrons.